The van der Waals surface area contributed by atoms with Gasteiger partial charge in [-0.15, -0.1) is 10.2 Å². The Balaban J connectivity index is 1.49. The van der Waals surface area contributed by atoms with Crippen molar-refractivity contribution in [1.29, 1.82) is 5.26 Å². The van der Waals surface area contributed by atoms with Crippen LogP contribution >= 0.6 is 0 Å². The van der Waals surface area contributed by atoms with E-state index in [4.69, 9.17) is 4.42 Å². The molecule has 0 saturated heterocycles. The second-order valence-corrected chi connectivity index (χ2v) is 14.1. The van der Waals surface area contributed by atoms with Crippen molar-refractivity contribution in [2.45, 2.75) is 91.9 Å². The highest BCUT2D eigenvalue weighted by atomic mass is 16.4. The first-order chi connectivity index (χ1) is 17.4. The zero-order valence-corrected chi connectivity index (χ0v) is 23.1. The molecule has 8 atom stereocenters. The van der Waals surface area contributed by atoms with Gasteiger partial charge in [0.05, 0.1) is 11.0 Å². The standard InChI is InChI=1S/C31H39N3O3/c1-17-20-7-9-29(5)21-8-10-31(27-34-33-18(2)37-27)12-11-28(3,4)15-22(31)25(21)23(35)13-24(29)30(20,6)14-19(16-32)26(17)36/h13-14,17,20-22,25H,7-12,15H2,1-6H3. The van der Waals surface area contributed by atoms with Crippen molar-refractivity contribution in [2.24, 2.45) is 45.8 Å². The van der Waals surface area contributed by atoms with Gasteiger partial charge in [-0.3, -0.25) is 9.59 Å². The second kappa shape index (κ2) is 7.74. The van der Waals surface area contributed by atoms with Crippen LogP contribution < -0.4 is 0 Å². The van der Waals surface area contributed by atoms with Crippen LogP contribution in [0.5, 0.6) is 0 Å². The SMILES string of the molecule is Cc1nnc(C23CCC4C(C(=O)C=C5C6(C)C=C(C#N)C(=O)C(C)C6CCC54C)C2CC(C)(C)CC3)o1. The highest BCUT2D eigenvalue weighted by molar-refractivity contribution is 6.02. The average Bonchev–Trinajstić information content (AvgIpc) is 3.29. The Hall–Kier alpha value is -2.55. The number of ketones is 2. The van der Waals surface area contributed by atoms with Crippen LogP contribution in [0.3, 0.4) is 0 Å². The summed E-state index contributed by atoms with van der Waals surface area (Å²) in [6.07, 6.45) is 10.7. The lowest BCUT2D eigenvalue weighted by atomic mass is 9.39. The fourth-order valence-electron chi connectivity index (χ4n) is 9.76. The van der Waals surface area contributed by atoms with Crippen LogP contribution in [-0.2, 0) is 15.0 Å². The lowest BCUT2D eigenvalue weighted by Crippen LogP contribution is -2.60. The summed E-state index contributed by atoms with van der Waals surface area (Å²) in [4.78, 5) is 27.2. The first-order valence-electron chi connectivity index (χ1n) is 14.1. The maximum Gasteiger partial charge on any atom is 0.222 e. The van der Waals surface area contributed by atoms with E-state index in [2.05, 4.69) is 44.0 Å². The van der Waals surface area contributed by atoms with Crippen molar-refractivity contribution in [1.82, 2.24) is 10.2 Å². The number of nitriles is 1. The Morgan fingerprint density at radius 1 is 1.00 bits per heavy atom. The minimum absolute atomic E-state index is 0.0454. The predicted molar refractivity (Wildman–Crippen MR) is 138 cm³/mol. The smallest absolute Gasteiger partial charge is 0.222 e. The minimum atomic E-state index is -0.448. The van der Waals surface area contributed by atoms with Crippen molar-refractivity contribution in [2.75, 3.05) is 0 Å². The number of Topliss-reactive ketones (excluding diaryl/α,β-unsaturated/α-hetero) is 1. The molecule has 37 heavy (non-hydrogen) atoms. The molecule has 1 aromatic heterocycles. The van der Waals surface area contributed by atoms with Crippen LogP contribution in [-0.4, -0.2) is 21.8 Å². The summed E-state index contributed by atoms with van der Waals surface area (Å²) in [6, 6.07) is 2.17. The number of nitrogens with zero attached hydrogens (tertiary/aromatic N) is 3. The molecule has 1 aromatic rings. The molecule has 0 bridgehead atoms. The van der Waals surface area contributed by atoms with Crippen LogP contribution in [0.15, 0.2) is 27.7 Å². The zero-order valence-electron chi connectivity index (χ0n) is 23.1. The van der Waals surface area contributed by atoms with E-state index in [0.29, 0.717) is 5.89 Å². The van der Waals surface area contributed by atoms with Gasteiger partial charge in [-0.05, 0) is 79.6 Å². The van der Waals surface area contributed by atoms with Gasteiger partial charge in [-0.25, -0.2) is 0 Å². The Labute approximate surface area is 220 Å². The Morgan fingerprint density at radius 3 is 2.41 bits per heavy atom. The molecule has 6 rings (SSSR count). The van der Waals surface area contributed by atoms with Gasteiger partial charge < -0.3 is 4.42 Å². The number of aromatic nitrogens is 2. The summed E-state index contributed by atoms with van der Waals surface area (Å²) in [7, 11) is 0. The summed E-state index contributed by atoms with van der Waals surface area (Å²) in [5.74, 6) is 1.74. The molecule has 6 nitrogen and oxygen atoms in total. The summed E-state index contributed by atoms with van der Waals surface area (Å²) < 4.78 is 6.11. The van der Waals surface area contributed by atoms with E-state index >= 15 is 0 Å². The molecular formula is C31H39N3O3. The number of carbonyl (C=O) groups excluding carboxylic acids is 2. The molecule has 6 heteroatoms. The van der Waals surface area contributed by atoms with Crippen molar-refractivity contribution < 1.29 is 14.0 Å². The highest BCUT2D eigenvalue weighted by Gasteiger charge is 2.65. The molecule has 5 aliphatic rings. The largest absolute Gasteiger partial charge is 0.425 e. The van der Waals surface area contributed by atoms with Gasteiger partial charge in [0.25, 0.3) is 0 Å². The molecule has 0 aliphatic heterocycles. The molecule has 0 radical (unpaired) electrons. The molecular weight excluding hydrogens is 462 g/mol. The zero-order chi connectivity index (χ0) is 26.5. The van der Waals surface area contributed by atoms with Gasteiger partial charge >= 0.3 is 0 Å². The number of carbonyl (C=O) groups is 2. The van der Waals surface area contributed by atoms with E-state index in [-0.39, 0.29) is 63.0 Å². The Morgan fingerprint density at radius 2 is 1.73 bits per heavy atom. The number of fused-ring (bicyclic) bond motifs is 7. The summed E-state index contributed by atoms with van der Waals surface area (Å²) in [5.41, 5.74) is 0.745. The van der Waals surface area contributed by atoms with E-state index in [1.54, 1.807) is 0 Å². The number of rotatable bonds is 1. The normalized spacial score (nSPS) is 44.4. The first kappa shape index (κ1) is 24.8. The number of aryl methyl sites for hydroxylation is 1. The van der Waals surface area contributed by atoms with Crippen LogP contribution in [0.4, 0.5) is 0 Å². The number of allylic oxidation sites excluding steroid dienone is 4. The molecule has 0 N–H and O–H groups in total. The maximum atomic E-state index is 14.3. The van der Waals surface area contributed by atoms with Crippen LogP contribution in [0.2, 0.25) is 0 Å². The van der Waals surface area contributed by atoms with Crippen molar-refractivity contribution in [3.8, 4) is 6.07 Å². The number of hydrogen-bond acceptors (Lipinski definition) is 6. The van der Waals surface area contributed by atoms with E-state index in [1.165, 1.54) is 0 Å². The third kappa shape index (κ3) is 3.21. The molecule has 1 heterocycles. The van der Waals surface area contributed by atoms with Gasteiger partial charge in [-0.2, -0.15) is 5.26 Å². The monoisotopic (exact) mass is 501 g/mol. The molecule has 5 aliphatic carbocycles. The summed E-state index contributed by atoms with van der Waals surface area (Å²) in [6.45, 7) is 13.0. The topological polar surface area (TPSA) is 96.9 Å². The molecule has 0 spiro atoms. The maximum absolute atomic E-state index is 14.3. The van der Waals surface area contributed by atoms with Gasteiger partial charge in [0, 0.05) is 24.2 Å². The summed E-state index contributed by atoms with van der Waals surface area (Å²) >= 11 is 0. The van der Waals surface area contributed by atoms with Crippen LogP contribution in [0.1, 0.15) is 91.3 Å². The molecule has 196 valence electrons. The second-order valence-electron chi connectivity index (χ2n) is 14.1. The number of hydrogen-bond donors (Lipinski definition) is 0. The van der Waals surface area contributed by atoms with E-state index < -0.39 is 5.41 Å². The molecule has 3 fully saturated rings. The molecule has 3 saturated carbocycles. The van der Waals surface area contributed by atoms with Gasteiger partial charge in [0.2, 0.25) is 11.8 Å². The lowest BCUT2D eigenvalue weighted by Gasteiger charge is -2.63. The van der Waals surface area contributed by atoms with Gasteiger partial charge in [-0.1, -0.05) is 46.3 Å². The van der Waals surface area contributed by atoms with E-state index in [0.717, 1.165) is 56.4 Å². The van der Waals surface area contributed by atoms with Crippen molar-refractivity contribution in [3.63, 3.8) is 0 Å². The van der Waals surface area contributed by atoms with Crippen molar-refractivity contribution >= 4 is 11.6 Å². The van der Waals surface area contributed by atoms with Gasteiger partial charge in [0.15, 0.2) is 11.6 Å². The Kier molecular flexibility index (Phi) is 5.18. The highest BCUT2D eigenvalue weighted by Crippen LogP contribution is 2.69. The lowest BCUT2D eigenvalue weighted by molar-refractivity contribution is -0.140. The third-order valence-corrected chi connectivity index (χ3v) is 11.7. The van der Waals surface area contributed by atoms with E-state index in [1.807, 2.05) is 26.0 Å². The van der Waals surface area contributed by atoms with Gasteiger partial charge in [0.1, 0.15) is 6.07 Å². The first-order valence-corrected chi connectivity index (χ1v) is 14.1. The van der Waals surface area contributed by atoms with Crippen LogP contribution in [0, 0.1) is 64.1 Å². The molecule has 0 aromatic carbocycles. The fourth-order valence-corrected chi connectivity index (χ4v) is 9.76. The molecule has 8 unspecified atom stereocenters. The minimum Gasteiger partial charge on any atom is -0.425 e. The van der Waals surface area contributed by atoms with E-state index in [9.17, 15) is 14.9 Å². The Bertz CT molecular complexity index is 1300. The predicted octanol–water partition coefficient (Wildman–Crippen LogP) is 6.07. The van der Waals surface area contributed by atoms with Crippen molar-refractivity contribution in [3.05, 3.63) is 35.1 Å². The fraction of sp³-hybridized carbons (Fsp3) is 0.710. The summed E-state index contributed by atoms with van der Waals surface area (Å²) in [5, 5.41) is 18.5. The quantitative estimate of drug-likeness (QED) is 0.463. The van der Waals surface area contributed by atoms with Crippen LogP contribution in [0.25, 0.3) is 0 Å². The molecule has 0 amide bonds. The third-order valence-electron chi connectivity index (χ3n) is 11.7. The average molecular weight is 502 g/mol.